The fourth-order valence-corrected chi connectivity index (χ4v) is 7.37. The van der Waals surface area contributed by atoms with E-state index in [2.05, 4.69) is 10.6 Å². The smallest absolute Gasteiger partial charge is 0.267 e. The number of nitrogens with one attached hydrogen (secondary N) is 2. The molecule has 13 heteroatoms. The number of carbonyl (C=O) groups excluding carboxylic acids is 3. The van der Waals surface area contributed by atoms with E-state index in [1.54, 1.807) is 48.3 Å². The highest BCUT2D eigenvalue weighted by Gasteiger charge is 2.36. The normalized spacial score (nSPS) is 18.7. The van der Waals surface area contributed by atoms with Gasteiger partial charge in [-0.1, -0.05) is 38.5 Å². The maximum absolute atomic E-state index is 14.2. The third kappa shape index (κ3) is 7.56. The van der Waals surface area contributed by atoms with Gasteiger partial charge in [-0.25, -0.2) is 0 Å². The molecule has 0 saturated carbocycles. The minimum absolute atomic E-state index is 0.121. The first-order valence-corrected chi connectivity index (χ1v) is 18.1. The molecule has 3 aliphatic rings. The molecule has 3 aromatic carbocycles. The van der Waals surface area contributed by atoms with Crippen molar-refractivity contribution in [2.45, 2.75) is 58.2 Å². The molecule has 13 nitrogen and oxygen atoms in total. The minimum Gasteiger partial charge on any atom is -0.493 e. The molecule has 1 fully saturated rings. The van der Waals surface area contributed by atoms with E-state index in [0.717, 1.165) is 11.1 Å². The lowest BCUT2D eigenvalue weighted by Crippen LogP contribution is -2.57. The van der Waals surface area contributed by atoms with Gasteiger partial charge < -0.3 is 44.1 Å². The number of piperazine rings is 1. The average Bonchev–Trinajstić information content (AvgIpc) is 3.42. The SMILES string of the molecule is CC[C@@H](C)[C@H](Nc1ccc2c(cc1=O)[C@@H](NC(C)=O)CCc1cc(OC)c(OC)c(OC)c1-2)C(=O)N1CCN(C(=O)[C@H]2COc3ccccc3O2)CC1. The predicted octanol–water partition coefficient (Wildman–Crippen LogP) is 4.20. The summed E-state index contributed by atoms with van der Waals surface area (Å²) in [7, 11) is 4.65. The van der Waals surface area contributed by atoms with E-state index in [4.69, 9.17) is 23.7 Å². The Morgan fingerprint density at radius 2 is 1.62 bits per heavy atom. The van der Waals surface area contributed by atoms with Gasteiger partial charge in [0.2, 0.25) is 29.1 Å². The molecule has 1 aliphatic carbocycles. The second-order valence-corrected chi connectivity index (χ2v) is 13.6. The number of hydrogen-bond acceptors (Lipinski definition) is 10. The third-order valence-corrected chi connectivity index (χ3v) is 10.4. The van der Waals surface area contributed by atoms with Crippen molar-refractivity contribution in [1.29, 1.82) is 0 Å². The molecule has 2 N–H and O–H groups in total. The van der Waals surface area contributed by atoms with Crippen LogP contribution in [0.15, 0.2) is 53.3 Å². The molecule has 0 bridgehead atoms. The van der Waals surface area contributed by atoms with Crippen LogP contribution in [0.1, 0.15) is 50.8 Å². The van der Waals surface area contributed by atoms with Crippen molar-refractivity contribution in [3.05, 3.63) is 69.9 Å². The average molecular weight is 729 g/mol. The van der Waals surface area contributed by atoms with Crippen LogP contribution in [0, 0.1) is 5.92 Å². The van der Waals surface area contributed by atoms with Crippen LogP contribution in [0.5, 0.6) is 28.7 Å². The van der Waals surface area contributed by atoms with Crippen molar-refractivity contribution < 1.29 is 38.1 Å². The molecule has 3 amide bonds. The standard InChI is InChI=1S/C40H48N4O9/c1-7-23(2)36(40(48)44-18-16-43(17-19-44)39(47)34-22-52-31-10-8-9-11-32(31)53-34)42-29-15-13-26-27(21-30(29)46)28(41-24(3)45)14-12-25-20-33(49-4)37(50-5)38(51-6)35(25)26/h8-11,13,15,20-21,23,28,34,36H,7,12,14,16-19,22H2,1-6H3,(H,41,45)(H,42,46)/t23-,28+,34-,36+/m1/s1. The number of methoxy groups -OCH3 is 3. The van der Waals surface area contributed by atoms with Gasteiger partial charge in [0, 0.05) is 38.7 Å². The Bertz CT molecular complexity index is 1930. The van der Waals surface area contributed by atoms with Crippen LogP contribution in [-0.4, -0.2) is 93.8 Å². The van der Waals surface area contributed by atoms with Crippen LogP contribution in [0.3, 0.4) is 0 Å². The maximum atomic E-state index is 14.2. The monoisotopic (exact) mass is 728 g/mol. The zero-order chi connectivity index (χ0) is 37.8. The highest BCUT2D eigenvalue weighted by Crippen LogP contribution is 2.50. The Labute approximate surface area is 309 Å². The first kappa shape index (κ1) is 37.3. The van der Waals surface area contributed by atoms with Crippen molar-refractivity contribution in [3.8, 4) is 39.9 Å². The molecule has 0 radical (unpaired) electrons. The number of amides is 3. The fourth-order valence-electron chi connectivity index (χ4n) is 7.37. The first-order chi connectivity index (χ1) is 25.6. The third-order valence-electron chi connectivity index (χ3n) is 10.4. The van der Waals surface area contributed by atoms with E-state index >= 15 is 0 Å². The van der Waals surface area contributed by atoms with Crippen molar-refractivity contribution >= 4 is 23.4 Å². The van der Waals surface area contributed by atoms with Crippen LogP contribution in [0.4, 0.5) is 5.69 Å². The van der Waals surface area contributed by atoms with Gasteiger partial charge in [0.1, 0.15) is 12.6 Å². The molecule has 4 atom stereocenters. The highest BCUT2D eigenvalue weighted by molar-refractivity contribution is 5.87. The largest absolute Gasteiger partial charge is 0.493 e. The summed E-state index contributed by atoms with van der Waals surface area (Å²) in [5, 5.41) is 6.34. The van der Waals surface area contributed by atoms with Crippen LogP contribution >= 0.6 is 0 Å². The molecule has 2 aliphatic heterocycles. The summed E-state index contributed by atoms with van der Waals surface area (Å²) < 4.78 is 28.9. The topological polar surface area (TPSA) is 145 Å². The summed E-state index contributed by atoms with van der Waals surface area (Å²) in [6.07, 6.45) is 1.03. The lowest BCUT2D eigenvalue weighted by atomic mass is 9.95. The van der Waals surface area contributed by atoms with Gasteiger partial charge in [0.15, 0.2) is 23.0 Å². The number of ether oxygens (including phenoxy) is 5. The van der Waals surface area contributed by atoms with Crippen molar-refractivity contribution in [1.82, 2.24) is 15.1 Å². The molecule has 3 aromatic rings. The van der Waals surface area contributed by atoms with Gasteiger partial charge in [-0.2, -0.15) is 0 Å². The van der Waals surface area contributed by atoms with Gasteiger partial charge in [-0.15, -0.1) is 0 Å². The van der Waals surface area contributed by atoms with E-state index in [1.807, 2.05) is 38.1 Å². The number of hydrogen-bond donors (Lipinski definition) is 2. The Morgan fingerprint density at radius 3 is 2.28 bits per heavy atom. The molecule has 2 heterocycles. The molecule has 0 unspecified atom stereocenters. The number of para-hydroxylation sites is 2. The summed E-state index contributed by atoms with van der Waals surface area (Å²) in [5.41, 5.74) is 2.92. The van der Waals surface area contributed by atoms with Gasteiger partial charge in [-0.3, -0.25) is 19.2 Å². The zero-order valence-electron chi connectivity index (χ0n) is 31.2. The van der Waals surface area contributed by atoms with Crippen LogP contribution in [-0.2, 0) is 20.8 Å². The first-order valence-electron chi connectivity index (χ1n) is 18.1. The summed E-state index contributed by atoms with van der Waals surface area (Å²) in [6.45, 7) is 6.92. The number of aryl methyl sites for hydroxylation is 1. The Balaban J connectivity index is 1.27. The summed E-state index contributed by atoms with van der Waals surface area (Å²) in [6, 6.07) is 13.1. The number of fused-ring (bicyclic) bond motifs is 4. The van der Waals surface area contributed by atoms with E-state index in [0.29, 0.717) is 85.3 Å². The van der Waals surface area contributed by atoms with Crippen LogP contribution < -0.4 is 39.7 Å². The van der Waals surface area contributed by atoms with Crippen molar-refractivity contribution in [2.24, 2.45) is 5.92 Å². The number of nitrogens with zero attached hydrogens (tertiary/aromatic N) is 2. The second kappa shape index (κ2) is 16.1. The Morgan fingerprint density at radius 1 is 0.925 bits per heavy atom. The van der Waals surface area contributed by atoms with E-state index in [1.165, 1.54) is 14.0 Å². The molecule has 282 valence electrons. The zero-order valence-corrected chi connectivity index (χ0v) is 31.2. The van der Waals surface area contributed by atoms with Crippen molar-refractivity contribution in [2.75, 3.05) is 59.4 Å². The quantitative estimate of drug-likeness (QED) is 0.312. The van der Waals surface area contributed by atoms with E-state index < -0.39 is 18.2 Å². The number of carbonyl (C=O) groups is 3. The van der Waals surface area contributed by atoms with Gasteiger partial charge in [0.25, 0.3) is 5.91 Å². The van der Waals surface area contributed by atoms with E-state index in [9.17, 15) is 19.2 Å². The molecule has 0 spiro atoms. The Hall–Kier alpha value is -5.46. The van der Waals surface area contributed by atoms with Crippen LogP contribution in [0.2, 0.25) is 0 Å². The second-order valence-electron chi connectivity index (χ2n) is 13.6. The van der Waals surface area contributed by atoms with Crippen LogP contribution in [0.25, 0.3) is 11.1 Å². The number of benzene rings is 2. The summed E-state index contributed by atoms with van der Waals surface area (Å²) >= 11 is 0. The highest BCUT2D eigenvalue weighted by atomic mass is 16.6. The predicted molar refractivity (Wildman–Crippen MR) is 199 cm³/mol. The number of anilines is 1. The fraction of sp³-hybridized carbons (Fsp3) is 0.450. The molecule has 6 rings (SSSR count). The molecular weight excluding hydrogens is 680 g/mol. The van der Waals surface area contributed by atoms with Crippen molar-refractivity contribution in [3.63, 3.8) is 0 Å². The summed E-state index contributed by atoms with van der Waals surface area (Å²) in [4.78, 5) is 57.5. The van der Waals surface area contributed by atoms with Gasteiger partial charge >= 0.3 is 0 Å². The maximum Gasteiger partial charge on any atom is 0.267 e. The summed E-state index contributed by atoms with van der Waals surface area (Å²) in [5.74, 6) is 1.85. The number of rotatable bonds is 10. The molecular formula is C40H48N4O9. The molecule has 53 heavy (non-hydrogen) atoms. The lowest BCUT2D eigenvalue weighted by Gasteiger charge is -2.39. The Kier molecular flexibility index (Phi) is 11.3. The molecule has 1 saturated heterocycles. The van der Waals surface area contributed by atoms with Gasteiger partial charge in [-0.05, 0) is 65.8 Å². The lowest BCUT2D eigenvalue weighted by molar-refractivity contribution is -0.146. The van der Waals surface area contributed by atoms with E-state index in [-0.39, 0.29) is 41.4 Å². The molecule has 0 aromatic heterocycles. The minimum atomic E-state index is -0.758. The van der Waals surface area contributed by atoms with Gasteiger partial charge in [0.05, 0.1) is 33.1 Å².